The van der Waals surface area contributed by atoms with Gasteiger partial charge in [0, 0.05) is 37.4 Å². The van der Waals surface area contributed by atoms with E-state index in [4.69, 9.17) is 9.47 Å². The molecule has 2 aromatic rings. The molecule has 1 aliphatic heterocycles. The van der Waals surface area contributed by atoms with E-state index in [1.165, 1.54) is 16.8 Å². The van der Waals surface area contributed by atoms with Gasteiger partial charge in [0.15, 0.2) is 0 Å². The largest absolute Gasteiger partial charge is 0.497 e. The highest BCUT2D eigenvalue weighted by atomic mass is 16.5. The minimum Gasteiger partial charge on any atom is -0.497 e. The summed E-state index contributed by atoms with van der Waals surface area (Å²) in [6.07, 6.45) is 0. The van der Waals surface area contributed by atoms with Crippen LogP contribution < -0.4 is 19.7 Å². The molecule has 1 saturated heterocycles. The molecule has 0 saturated carbocycles. The van der Waals surface area contributed by atoms with Gasteiger partial charge < -0.3 is 19.7 Å². The summed E-state index contributed by atoms with van der Waals surface area (Å²) in [6.45, 7) is 10.3. The molecule has 2 aromatic carbocycles. The minimum absolute atomic E-state index is 0.0209. The van der Waals surface area contributed by atoms with Crippen LogP contribution >= 0.6 is 0 Å². The van der Waals surface area contributed by atoms with Crippen LogP contribution in [0.2, 0.25) is 0 Å². The van der Waals surface area contributed by atoms with E-state index in [1.54, 1.807) is 14.2 Å². The number of amides is 1. The van der Waals surface area contributed by atoms with E-state index in [0.717, 1.165) is 43.2 Å². The second-order valence-corrected chi connectivity index (χ2v) is 7.88. The number of aryl methyl sites for hydroxylation is 1. The van der Waals surface area contributed by atoms with Gasteiger partial charge in [-0.2, -0.15) is 0 Å². The first-order chi connectivity index (χ1) is 14.4. The van der Waals surface area contributed by atoms with E-state index in [0.29, 0.717) is 6.54 Å². The Hall–Kier alpha value is -2.73. The molecule has 0 radical (unpaired) electrons. The molecule has 1 fully saturated rings. The smallest absolute Gasteiger partial charge is 0.234 e. The molecule has 3 rings (SSSR count). The summed E-state index contributed by atoms with van der Waals surface area (Å²) in [5.41, 5.74) is 4.86. The van der Waals surface area contributed by atoms with E-state index < -0.39 is 0 Å². The lowest BCUT2D eigenvalue weighted by Gasteiger charge is -2.36. The lowest BCUT2D eigenvalue weighted by molar-refractivity contribution is -0.123. The normalized spacial score (nSPS) is 15.6. The molecular weight excluding hydrogens is 378 g/mol. The number of piperazine rings is 1. The van der Waals surface area contributed by atoms with Crippen LogP contribution in [-0.4, -0.2) is 57.8 Å². The SMILES string of the molecule is COc1ccc(OC)c(C(C)NC(=O)CN2CCN(c3cccc(C)c3C)CC2)c1. The van der Waals surface area contributed by atoms with Crippen molar-refractivity contribution in [1.82, 2.24) is 10.2 Å². The molecule has 1 aliphatic rings. The molecular formula is C24H33N3O3. The Labute approximate surface area is 179 Å². The van der Waals surface area contributed by atoms with Crippen LogP contribution in [0.4, 0.5) is 5.69 Å². The summed E-state index contributed by atoms with van der Waals surface area (Å²) < 4.78 is 10.8. The van der Waals surface area contributed by atoms with Gasteiger partial charge in [0.25, 0.3) is 0 Å². The van der Waals surface area contributed by atoms with Gasteiger partial charge in [0.1, 0.15) is 11.5 Å². The van der Waals surface area contributed by atoms with Crippen LogP contribution in [-0.2, 0) is 4.79 Å². The van der Waals surface area contributed by atoms with Crippen molar-refractivity contribution in [3.05, 3.63) is 53.1 Å². The van der Waals surface area contributed by atoms with Gasteiger partial charge in [-0.25, -0.2) is 0 Å². The number of methoxy groups -OCH3 is 2. The van der Waals surface area contributed by atoms with Crippen molar-refractivity contribution >= 4 is 11.6 Å². The van der Waals surface area contributed by atoms with Gasteiger partial charge in [0.05, 0.1) is 26.8 Å². The Morgan fingerprint density at radius 2 is 1.80 bits per heavy atom. The van der Waals surface area contributed by atoms with Crippen molar-refractivity contribution < 1.29 is 14.3 Å². The molecule has 1 unspecified atom stereocenters. The first kappa shape index (κ1) is 22.0. The number of benzene rings is 2. The average molecular weight is 412 g/mol. The maximum absolute atomic E-state index is 12.7. The zero-order valence-electron chi connectivity index (χ0n) is 18.7. The first-order valence-corrected chi connectivity index (χ1v) is 10.5. The molecule has 0 spiro atoms. The van der Waals surface area contributed by atoms with Gasteiger partial charge in [0.2, 0.25) is 5.91 Å². The summed E-state index contributed by atoms with van der Waals surface area (Å²) in [6, 6.07) is 11.9. The summed E-state index contributed by atoms with van der Waals surface area (Å²) >= 11 is 0. The van der Waals surface area contributed by atoms with Crippen LogP contribution in [0.1, 0.15) is 29.7 Å². The topological polar surface area (TPSA) is 54.0 Å². The summed E-state index contributed by atoms with van der Waals surface area (Å²) in [7, 11) is 3.27. The third-order valence-corrected chi connectivity index (χ3v) is 5.94. The number of carbonyl (C=O) groups excluding carboxylic acids is 1. The summed E-state index contributed by atoms with van der Waals surface area (Å²) in [5, 5.41) is 3.10. The fourth-order valence-corrected chi connectivity index (χ4v) is 3.97. The van der Waals surface area contributed by atoms with E-state index in [9.17, 15) is 4.79 Å². The first-order valence-electron chi connectivity index (χ1n) is 10.5. The van der Waals surface area contributed by atoms with Crippen LogP contribution in [0.5, 0.6) is 11.5 Å². The van der Waals surface area contributed by atoms with Crippen LogP contribution in [0.25, 0.3) is 0 Å². The van der Waals surface area contributed by atoms with Crippen molar-refractivity contribution in [2.75, 3.05) is 51.8 Å². The molecule has 0 aromatic heterocycles. The van der Waals surface area contributed by atoms with Gasteiger partial charge in [-0.1, -0.05) is 12.1 Å². The Morgan fingerprint density at radius 3 is 2.47 bits per heavy atom. The molecule has 6 heteroatoms. The van der Waals surface area contributed by atoms with Crippen molar-refractivity contribution in [1.29, 1.82) is 0 Å². The zero-order valence-corrected chi connectivity index (χ0v) is 18.7. The van der Waals surface area contributed by atoms with Crippen molar-refractivity contribution in [3.8, 4) is 11.5 Å². The number of hydrogen-bond donors (Lipinski definition) is 1. The van der Waals surface area contributed by atoms with Gasteiger partial charge in [-0.15, -0.1) is 0 Å². The van der Waals surface area contributed by atoms with Crippen molar-refractivity contribution in [2.45, 2.75) is 26.8 Å². The molecule has 1 N–H and O–H groups in total. The minimum atomic E-state index is -0.168. The average Bonchev–Trinajstić information content (AvgIpc) is 2.75. The maximum Gasteiger partial charge on any atom is 0.234 e. The number of carbonyl (C=O) groups is 1. The van der Waals surface area contributed by atoms with Crippen LogP contribution in [0.3, 0.4) is 0 Å². The highest BCUT2D eigenvalue weighted by Gasteiger charge is 2.22. The molecule has 1 heterocycles. The third-order valence-electron chi connectivity index (χ3n) is 5.94. The molecule has 0 bridgehead atoms. The summed E-state index contributed by atoms with van der Waals surface area (Å²) in [4.78, 5) is 17.3. The number of ether oxygens (including phenoxy) is 2. The van der Waals surface area contributed by atoms with E-state index in [2.05, 4.69) is 47.2 Å². The predicted octanol–water partition coefficient (Wildman–Crippen LogP) is 3.32. The highest BCUT2D eigenvalue weighted by Crippen LogP contribution is 2.29. The Bertz CT molecular complexity index is 876. The standard InChI is InChI=1S/C24H33N3O3/c1-17-7-6-8-22(18(17)2)27-13-11-26(12-14-27)16-24(28)25-19(3)21-15-20(29-4)9-10-23(21)30-5/h6-10,15,19H,11-14,16H2,1-5H3,(H,25,28). The number of rotatable bonds is 7. The molecule has 6 nitrogen and oxygen atoms in total. The Kier molecular flexibility index (Phi) is 7.21. The lowest BCUT2D eigenvalue weighted by atomic mass is 10.1. The fourth-order valence-electron chi connectivity index (χ4n) is 3.97. The number of hydrogen-bond acceptors (Lipinski definition) is 5. The monoisotopic (exact) mass is 411 g/mol. The van der Waals surface area contributed by atoms with E-state index in [1.807, 2.05) is 25.1 Å². The van der Waals surface area contributed by atoms with Crippen molar-refractivity contribution in [2.24, 2.45) is 0 Å². The third kappa shape index (κ3) is 5.05. The molecule has 1 amide bonds. The van der Waals surface area contributed by atoms with Gasteiger partial charge >= 0.3 is 0 Å². The molecule has 162 valence electrons. The van der Waals surface area contributed by atoms with E-state index >= 15 is 0 Å². The number of nitrogens with one attached hydrogen (secondary N) is 1. The van der Waals surface area contributed by atoms with Gasteiger partial charge in [-0.3, -0.25) is 9.69 Å². The van der Waals surface area contributed by atoms with Crippen molar-refractivity contribution in [3.63, 3.8) is 0 Å². The second kappa shape index (κ2) is 9.85. The lowest BCUT2D eigenvalue weighted by Crippen LogP contribution is -2.49. The quantitative estimate of drug-likeness (QED) is 0.758. The summed E-state index contributed by atoms with van der Waals surface area (Å²) in [5.74, 6) is 1.51. The molecule has 0 aliphatic carbocycles. The van der Waals surface area contributed by atoms with Gasteiger partial charge in [-0.05, 0) is 56.2 Å². The molecule has 30 heavy (non-hydrogen) atoms. The Balaban J connectivity index is 1.54. The predicted molar refractivity (Wildman–Crippen MR) is 121 cm³/mol. The highest BCUT2D eigenvalue weighted by molar-refractivity contribution is 5.78. The zero-order chi connectivity index (χ0) is 21.7. The number of anilines is 1. The fraction of sp³-hybridized carbons (Fsp3) is 0.458. The molecule has 1 atom stereocenters. The Morgan fingerprint density at radius 1 is 1.07 bits per heavy atom. The van der Waals surface area contributed by atoms with Crippen LogP contribution in [0, 0.1) is 13.8 Å². The second-order valence-electron chi connectivity index (χ2n) is 7.88. The maximum atomic E-state index is 12.7. The number of nitrogens with zero attached hydrogens (tertiary/aromatic N) is 2. The van der Waals surface area contributed by atoms with Crippen LogP contribution in [0.15, 0.2) is 36.4 Å². The van der Waals surface area contributed by atoms with E-state index in [-0.39, 0.29) is 11.9 Å².